The lowest BCUT2D eigenvalue weighted by molar-refractivity contribution is 0.170. The molecule has 1 fully saturated rings. The van der Waals surface area contributed by atoms with Gasteiger partial charge in [-0.2, -0.15) is 0 Å². The molecule has 6 unspecified atom stereocenters. The smallest absolute Gasteiger partial charge is 0.0862 e. The Labute approximate surface area is 413 Å². The number of nitrogens with zero attached hydrogens (tertiary/aromatic N) is 2. The average Bonchev–Trinajstić information content (AvgIpc) is 4.09. The third-order valence-corrected chi connectivity index (χ3v) is 17.1. The first-order chi connectivity index (χ1) is 34.6. The number of nitrogens with two attached hydrogens (primary N) is 1. The summed E-state index contributed by atoms with van der Waals surface area (Å²) in [5.74, 6) is 0.254. The molecular weight excluding hydrogens is 873 g/mol. The number of allylic oxidation sites excluding steroid dienone is 14. The van der Waals surface area contributed by atoms with Crippen molar-refractivity contribution in [1.82, 2.24) is 25.1 Å². The van der Waals surface area contributed by atoms with Crippen LogP contribution in [0.2, 0.25) is 0 Å². The van der Waals surface area contributed by atoms with Crippen LogP contribution in [-0.2, 0) is 0 Å². The third-order valence-electron chi connectivity index (χ3n) is 15.6. The number of nitrogens with one attached hydrogen (secondary N) is 3. The summed E-state index contributed by atoms with van der Waals surface area (Å²) in [6.45, 7) is 0. The first-order valence-corrected chi connectivity index (χ1v) is 26.0. The van der Waals surface area contributed by atoms with Crippen molar-refractivity contribution in [2.24, 2.45) is 5.92 Å². The van der Waals surface area contributed by atoms with Gasteiger partial charge in [-0.05, 0) is 112 Å². The van der Waals surface area contributed by atoms with E-state index in [2.05, 4.69) is 237 Å². The largest absolute Gasteiger partial charge is 0.397 e. The van der Waals surface area contributed by atoms with Crippen molar-refractivity contribution in [3.63, 3.8) is 0 Å². The van der Waals surface area contributed by atoms with Gasteiger partial charge in [0.2, 0.25) is 0 Å². The number of rotatable bonds is 7. The molecule has 0 saturated carbocycles. The van der Waals surface area contributed by atoms with Gasteiger partial charge in [0.15, 0.2) is 0 Å². The zero-order valence-corrected chi connectivity index (χ0v) is 39.7. The fraction of sp³-hybridized carbons (Fsp3) is 0.175. The number of hydrogen-bond donors (Lipinski definition) is 4. The maximum Gasteiger partial charge on any atom is 0.0862 e. The highest BCUT2D eigenvalue weighted by Crippen LogP contribution is 2.53. The first-order valence-electron chi connectivity index (χ1n) is 25.1. The van der Waals surface area contributed by atoms with Gasteiger partial charge in [-0.3, -0.25) is 16.0 Å². The molecule has 342 valence electrons. The van der Waals surface area contributed by atoms with Crippen LogP contribution in [0.25, 0.3) is 60.4 Å². The van der Waals surface area contributed by atoms with Crippen LogP contribution >= 0.6 is 11.8 Å². The van der Waals surface area contributed by atoms with Gasteiger partial charge < -0.3 is 14.9 Å². The zero-order chi connectivity index (χ0) is 46.3. The predicted molar refractivity (Wildman–Crippen MR) is 294 cm³/mol. The van der Waals surface area contributed by atoms with E-state index in [0.717, 1.165) is 54.6 Å². The molecule has 6 aromatic carbocycles. The molecule has 8 aromatic rings. The van der Waals surface area contributed by atoms with Gasteiger partial charge in [-0.25, -0.2) is 0 Å². The average molecular weight is 927 g/mol. The molecule has 4 aliphatic carbocycles. The van der Waals surface area contributed by atoms with Crippen molar-refractivity contribution in [3.8, 4) is 16.8 Å². The summed E-state index contributed by atoms with van der Waals surface area (Å²) in [5.41, 5.74) is 24.2. The number of para-hydroxylation sites is 2. The highest BCUT2D eigenvalue weighted by molar-refractivity contribution is 8.04. The van der Waals surface area contributed by atoms with Crippen molar-refractivity contribution in [2.75, 3.05) is 5.73 Å². The molecule has 0 bridgehead atoms. The molecule has 0 amide bonds. The van der Waals surface area contributed by atoms with E-state index >= 15 is 0 Å². The summed E-state index contributed by atoms with van der Waals surface area (Å²) < 4.78 is 5.07. The lowest BCUT2D eigenvalue weighted by atomic mass is 9.88. The van der Waals surface area contributed by atoms with Crippen LogP contribution in [-0.4, -0.2) is 20.5 Å². The minimum Gasteiger partial charge on any atom is -0.397 e. The van der Waals surface area contributed by atoms with Gasteiger partial charge in [-0.15, -0.1) is 11.8 Å². The minimum atomic E-state index is -0.168. The van der Waals surface area contributed by atoms with Crippen molar-refractivity contribution >= 4 is 61.1 Å². The summed E-state index contributed by atoms with van der Waals surface area (Å²) >= 11 is 2.08. The summed E-state index contributed by atoms with van der Waals surface area (Å²) in [7, 11) is 0. The molecule has 0 radical (unpaired) electrons. The molecule has 70 heavy (non-hydrogen) atoms. The number of fused-ring (bicyclic) bond motifs is 9. The van der Waals surface area contributed by atoms with Crippen LogP contribution < -0.4 is 21.7 Å². The number of anilines is 1. The van der Waals surface area contributed by atoms with Crippen molar-refractivity contribution < 1.29 is 0 Å². The number of hydrogen-bond acceptors (Lipinski definition) is 5. The Balaban J connectivity index is 0.856. The third kappa shape index (κ3) is 6.90. The molecule has 2 aromatic heterocycles. The molecular formula is C63H54N6S. The Bertz CT molecular complexity index is 3690. The SMILES string of the molecule is Nc1cc(C2NC(c3ccc(-c4ccccc4)cc3)NC(C3C=CC(C4=CCCC=C4)=CC3)N2)ccc1-n1c2ccccc2c2ccc3c(c4ccccc4n3C3C=CC=C4C5=C(CCC=C5)SC43)c21. The second kappa shape index (κ2) is 17.1. The Morgan fingerprint density at radius 2 is 1.36 bits per heavy atom. The fourth-order valence-electron chi connectivity index (χ4n) is 12.2. The Hall–Kier alpha value is -7.13. The van der Waals surface area contributed by atoms with E-state index in [4.69, 9.17) is 5.73 Å². The Kier molecular flexibility index (Phi) is 10.2. The summed E-state index contributed by atoms with van der Waals surface area (Å²) in [5, 5.41) is 17.2. The molecule has 7 heteroatoms. The highest BCUT2D eigenvalue weighted by Gasteiger charge is 2.38. The van der Waals surface area contributed by atoms with Crippen molar-refractivity contribution in [1.29, 1.82) is 0 Å². The lowest BCUT2D eigenvalue weighted by Crippen LogP contribution is -2.61. The zero-order valence-electron chi connectivity index (χ0n) is 38.9. The van der Waals surface area contributed by atoms with E-state index in [0.29, 0.717) is 5.25 Å². The lowest BCUT2D eigenvalue weighted by Gasteiger charge is -2.42. The van der Waals surface area contributed by atoms with Gasteiger partial charge in [-0.1, -0.05) is 170 Å². The Morgan fingerprint density at radius 1 is 0.600 bits per heavy atom. The maximum absolute atomic E-state index is 7.42. The standard InChI is InChI=1S/C63H54N6S/c64-51-38-45(63-66-61(43-30-26-41(27-31-43)39-14-3-1-4-15-39)65-62(67-63)44-32-28-42(29-33-44)40-16-5-2-6-17-40)34-36-54(51)69-52-22-10-7-18-46(52)48-35-37-55-58(59(48)69)50-20-8-11-23-53(50)68(55)56-24-13-21-49-47-19-9-12-25-57(47)70-60(49)56/h1,3-5,7-11,13-24,26-32,34-38,44,56,60-63,65-67H,2,6,12,25,33,64H2. The fourth-order valence-corrected chi connectivity index (χ4v) is 13.8. The van der Waals surface area contributed by atoms with Gasteiger partial charge in [0.25, 0.3) is 0 Å². The van der Waals surface area contributed by atoms with E-state index in [1.165, 1.54) is 82.0 Å². The van der Waals surface area contributed by atoms with Crippen LogP contribution in [0.5, 0.6) is 0 Å². The van der Waals surface area contributed by atoms with E-state index in [9.17, 15) is 0 Å². The highest BCUT2D eigenvalue weighted by atomic mass is 32.2. The van der Waals surface area contributed by atoms with E-state index in [1.807, 2.05) is 0 Å². The normalized spacial score (nSPS) is 24.1. The van der Waals surface area contributed by atoms with Gasteiger partial charge in [0.1, 0.15) is 0 Å². The molecule has 14 rings (SSSR count). The maximum atomic E-state index is 7.42. The predicted octanol–water partition coefficient (Wildman–Crippen LogP) is 14.5. The van der Waals surface area contributed by atoms with Gasteiger partial charge in [0.05, 0.1) is 57.7 Å². The van der Waals surface area contributed by atoms with Crippen molar-refractivity contribution in [2.45, 2.75) is 61.9 Å². The molecule has 6 atom stereocenters. The number of benzene rings is 6. The number of thioether (sulfide) groups is 1. The second-order valence-electron chi connectivity index (χ2n) is 19.6. The number of aromatic nitrogens is 2. The summed E-state index contributed by atoms with van der Waals surface area (Å²) in [4.78, 5) is 1.54. The first kappa shape index (κ1) is 41.8. The molecule has 6 nitrogen and oxygen atoms in total. The van der Waals surface area contributed by atoms with Crippen molar-refractivity contribution in [3.05, 3.63) is 239 Å². The summed E-state index contributed by atoms with van der Waals surface area (Å²) in [6, 6.07) is 49.1. The monoisotopic (exact) mass is 926 g/mol. The summed E-state index contributed by atoms with van der Waals surface area (Å²) in [6.07, 6.45) is 31.0. The molecule has 4 heterocycles. The second-order valence-corrected chi connectivity index (χ2v) is 20.9. The van der Waals surface area contributed by atoms with Crippen LogP contribution in [0.15, 0.2) is 227 Å². The molecule has 0 spiro atoms. The van der Waals surface area contributed by atoms with Crippen LogP contribution in [0.1, 0.15) is 61.6 Å². The van der Waals surface area contributed by atoms with Gasteiger partial charge in [0, 0.05) is 33.0 Å². The quantitative estimate of drug-likeness (QED) is 0.120. The van der Waals surface area contributed by atoms with E-state index < -0.39 is 0 Å². The Morgan fingerprint density at radius 3 is 2.17 bits per heavy atom. The van der Waals surface area contributed by atoms with Crippen LogP contribution in [0.3, 0.4) is 0 Å². The topological polar surface area (TPSA) is 72.0 Å². The van der Waals surface area contributed by atoms with Gasteiger partial charge >= 0.3 is 0 Å². The minimum absolute atomic E-state index is 0.00438. The van der Waals surface area contributed by atoms with E-state index in [1.54, 1.807) is 0 Å². The molecule has 1 saturated heterocycles. The molecule has 6 aliphatic rings. The molecule has 5 N–H and O–H groups in total. The van der Waals surface area contributed by atoms with Crippen LogP contribution in [0, 0.1) is 5.92 Å². The van der Waals surface area contributed by atoms with E-state index in [-0.39, 0.29) is 30.5 Å². The number of nitrogen functional groups attached to an aromatic ring is 1. The molecule has 2 aliphatic heterocycles. The van der Waals surface area contributed by atoms with Crippen LogP contribution in [0.4, 0.5) is 5.69 Å².